The molecule has 2 aliphatic heterocycles. The van der Waals surface area contributed by atoms with Gasteiger partial charge < -0.3 is 4.90 Å². The maximum absolute atomic E-state index is 13.4. The Bertz CT molecular complexity index is 1180. The fourth-order valence-corrected chi connectivity index (χ4v) is 4.93. The molecule has 0 amide bonds. The third kappa shape index (κ3) is 2.68. The first kappa shape index (κ1) is 16.8. The largest absolute Gasteiger partial charge is 0.300 e. The number of nitrogens with one attached hydrogen (secondary N) is 1. The number of halogens is 1. The van der Waals surface area contributed by atoms with Crippen LogP contribution in [0.4, 0.5) is 4.39 Å². The Balaban J connectivity index is 1.28. The maximum Gasteiger partial charge on any atom is 0.134 e. The van der Waals surface area contributed by atoms with Gasteiger partial charge in [-0.2, -0.15) is 10.2 Å². The number of fused-ring (bicyclic) bond motifs is 3. The number of aromatic nitrogens is 7. The molecular weight excluding hydrogens is 371 g/mol. The molecule has 148 valence electrons. The average molecular weight is 392 g/mol. The Hall–Kier alpha value is -3.07. The van der Waals surface area contributed by atoms with Crippen molar-refractivity contribution in [3.05, 3.63) is 42.6 Å². The van der Waals surface area contributed by atoms with Crippen molar-refractivity contribution in [2.75, 3.05) is 7.05 Å². The summed E-state index contributed by atoms with van der Waals surface area (Å²) in [6, 6.07) is 6.32. The predicted molar refractivity (Wildman–Crippen MR) is 105 cm³/mol. The normalized spacial score (nSPS) is 24.6. The van der Waals surface area contributed by atoms with E-state index in [-0.39, 0.29) is 5.82 Å². The molecule has 2 unspecified atom stereocenters. The highest BCUT2D eigenvalue weighted by Crippen LogP contribution is 2.39. The second-order valence-electron chi connectivity index (χ2n) is 8.16. The summed E-state index contributed by atoms with van der Waals surface area (Å²) in [5.74, 6) is -0.300. The van der Waals surface area contributed by atoms with Gasteiger partial charge >= 0.3 is 0 Å². The number of nitrogens with zero attached hydrogens (tertiary/aromatic N) is 7. The van der Waals surface area contributed by atoms with Gasteiger partial charge in [-0.25, -0.2) is 9.07 Å². The zero-order valence-electron chi connectivity index (χ0n) is 16.0. The minimum absolute atomic E-state index is 0.300. The molecule has 6 rings (SSSR count). The van der Waals surface area contributed by atoms with Crippen LogP contribution in [-0.4, -0.2) is 59.0 Å². The fraction of sp³-hybridized carbons (Fsp3) is 0.400. The first-order chi connectivity index (χ1) is 14.2. The average Bonchev–Trinajstić information content (AvgIpc) is 3.47. The second kappa shape index (κ2) is 6.21. The number of H-pyrrole nitrogens is 1. The molecule has 3 atom stereocenters. The number of rotatable bonds is 3. The first-order valence-corrected chi connectivity index (χ1v) is 9.98. The molecule has 9 heteroatoms. The Morgan fingerprint density at radius 1 is 1.10 bits per heavy atom. The molecule has 2 bridgehead atoms. The molecule has 4 aromatic rings. The summed E-state index contributed by atoms with van der Waals surface area (Å²) < 4.78 is 17.2. The zero-order valence-corrected chi connectivity index (χ0v) is 16.0. The molecule has 29 heavy (non-hydrogen) atoms. The van der Waals surface area contributed by atoms with Crippen LogP contribution in [0.1, 0.15) is 31.7 Å². The molecular formula is C20H21FN8. The highest BCUT2D eigenvalue weighted by atomic mass is 19.1. The van der Waals surface area contributed by atoms with Gasteiger partial charge in [-0.15, -0.1) is 5.10 Å². The molecule has 0 aliphatic carbocycles. The predicted octanol–water partition coefficient (Wildman–Crippen LogP) is 2.94. The van der Waals surface area contributed by atoms with Crippen molar-refractivity contribution >= 4 is 10.9 Å². The van der Waals surface area contributed by atoms with Crippen LogP contribution in [0.25, 0.3) is 28.0 Å². The highest BCUT2D eigenvalue weighted by Gasteiger charge is 2.39. The highest BCUT2D eigenvalue weighted by molar-refractivity contribution is 5.91. The topological polar surface area (TPSA) is 80.5 Å². The summed E-state index contributed by atoms with van der Waals surface area (Å²) in [5, 5.41) is 21.1. The second-order valence-corrected chi connectivity index (χ2v) is 8.16. The van der Waals surface area contributed by atoms with Crippen molar-refractivity contribution in [2.24, 2.45) is 0 Å². The van der Waals surface area contributed by atoms with Gasteiger partial charge in [-0.05, 0) is 50.9 Å². The standard InChI is InChI=1S/C20H21FN8/c1-27-13-3-4-14(27)8-15(7-13)28-10-16(9-22-28)29-11-19(24-26-29)20-17-5-2-12(21)6-18(17)23-25-20/h2,5-6,9-11,13-15H,3-4,7-8H2,1H3,(H,23,25)/t13-,14?,15?/m0/s1. The van der Waals surface area contributed by atoms with Gasteiger partial charge in [0.2, 0.25) is 0 Å². The van der Waals surface area contributed by atoms with E-state index in [0.29, 0.717) is 35.0 Å². The minimum atomic E-state index is -0.300. The van der Waals surface area contributed by atoms with Gasteiger partial charge in [-0.3, -0.25) is 9.78 Å². The molecule has 2 saturated heterocycles. The smallest absolute Gasteiger partial charge is 0.134 e. The van der Waals surface area contributed by atoms with Crippen molar-refractivity contribution in [1.82, 2.24) is 39.9 Å². The summed E-state index contributed by atoms with van der Waals surface area (Å²) in [4.78, 5) is 2.53. The van der Waals surface area contributed by atoms with Crippen LogP contribution in [0.5, 0.6) is 0 Å². The summed E-state index contributed by atoms with van der Waals surface area (Å²) in [5.41, 5.74) is 2.80. The molecule has 0 spiro atoms. The van der Waals surface area contributed by atoms with Crippen molar-refractivity contribution in [2.45, 2.75) is 43.8 Å². The van der Waals surface area contributed by atoms with Crippen molar-refractivity contribution < 1.29 is 4.39 Å². The summed E-state index contributed by atoms with van der Waals surface area (Å²) in [6.07, 6.45) is 10.6. The molecule has 2 fully saturated rings. The Labute approximate surface area is 166 Å². The number of hydrogen-bond donors (Lipinski definition) is 1. The molecule has 1 aromatic carbocycles. The lowest BCUT2D eigenvalue weighted by atomic mass is 9.98. The number of piperidine rings is 1. The van der Waals surface area contributed by atoms with Crippen LogP contribution < -0.4 is 0 Å². The van der Waals surface area contributed by atoms with Gasteiger partial charge in [0.15, 0.2) is 0 Å². The monoisotopic (exact) mass is 392 g/mol. The van der Waals surface area contributed by atoms with Crippen LogP contribution in [0, 0.1) is 5.82 Å². The van der Waals surface area contributed by atoms with Gasteiger partial charge in [-0.1, -0.05) is 5.21 Å². The Morgan fingerprint density at radius 2 is 1.93 bits per heavy atom. The zero-order chi connectivity index (χ0) is 19.5. The Kier molecular flexibility index (Phi) is 3.61. The van der Waals surface area contributed by atoms with E-state index in [1.165, 1.54) is 25.0 Å². The molecule has 0 radical (unpaired) electrons. The third-order valence-corrected chi connectivity index (χ3v) is 6.56. The minimum Gasteiger partial charge on any atom is -0.300 e. The van der Waals surface area contributed by atoms with E-state index in [9.17, 15) is 4.39 Å². The summed E-state index contributed by atoms with van der Waals surface area (Å²) in [6.45, 7) is 0. The molecule has 8 nitrogen and oxygen atoms in total. The fourth-order valence-electron chi connectivity index (χ4n) is 4.93. The van der Waals surface area contributed by atoms with Crippen molar-refractivity contribution in [3.63, 3.8) is 0 Å². The summed E-state index contributed by atoms with van der Waals surface area (Å²) in [7, 11) is 2.25. The van der Waals surface area contributed by atoms with Crippen LogP contribution >= 0.6 is 0 Å². The van der Waals surface area contributed by atoms with Crippen LogP contribution in [0.3, 0.4) is 0 Å². The van der Waals surface area contributed by atoms with E-state index in [2.05, 4.69) is 42.2 Å². The third-order valence-electron chi connectivity index (χ3n) is 6.56. The van der Waals surface area contributed by atoms with Crippen LogP contribution in [0.2, 0.25) is 0 Å². The van der Waals surface area contributed by atoms with Gasteiger partial charge in [0.05, 0.1) is 30.1 Å². The van der Waals surface area contributed by atoms with E-state index in [1.807, 2.05) is 18.6 Å². The molecule has 2 aliphatic rings. The van der Waals surface area contributed by atoms with E-state index in [4.69, 9.17) is 0 Å². The van der Waals surface area contributed by atoms with Crippen LogP contribution in [-0.2, 0) is 0 Å². The van der Waals surface area contributed by atoms with Gasteiger partial charge in [0.1, 0.15) is 22.9 Å². The van der Waals surface area contributed by atoms with Crippen LogP contribution in [0.15, 0.2) is 36.8 Å². The van der Waals surface area contributed by atoms with Gasteiger partial charge in [0, 0.05) is 17.5 Å². The van der Waals surface area contributed by atoms with Crippen molar-refractivity contribution in [1.29, 1.82) is 0 Å². The molecule has 3 aromatic heterocycles. The first-order valence-electron chi connectivity index (χ1n) is 9.98. The SMILES string of the molecule is CN1C2CC[C@H]1CC(n1cc(-n3cc(-c4n[nH]c5cc(F)ccc45)nn3)cn1)C2. The lowest BCUT2D eigenvalue weighted by Gasteiger charge is -2.36. The summed E-state index contributed by atoms with van der Waals surface area (Å²) >= 11 is 0. The molecule has 1 N–H and O–H groups in total. The van der Waals surface area contributed by atoms with E-state index in [0.717, 1.165) is 23.9 Å². The quantitative estimate of drug-likeness (QED) is 0.580. The number of benzene rings is 1. The number of hydrogen-bond acceptors (Lipinski definition) is 5. The van der Waals surface area contributed by atoms with Gasteiger partial charge in [0.25, 0.3) is 0 Å². The lowest BCUT2D eigenvalue weighted by Crippen LogP contribution is -2.40. The lowest BCUT2D eigenvalue weighted by molar-refractivity contribution is 0.131. The van der Waals surface area contributed by atoms with E-state index in [1.54, 1.807) is 10.7 Å². The van der Waals surface area contributed by atoms with Crippen molar-refractivity contribution in [3.8, 4) is 17.1 Å². The molecule has 0 saturated carbocycles. The maximum atomic E-state index is 13.4. The number of aromatic amines is 1. The van der Waals surface area contributed by atoms with E-state index >= 15 is 0 Å². The van der Waals surface area contributed by atoms with E-state index < -0.39 is 0 Å². The Morgan fingerprint density at radius 3 is 2.76 bits per heavy atom. The molecule has 5 heterocycles.